The highest BCUT2D eigenvalue weighted by Gasteiger charge is 2.09. The van der Waals surface area contributed by atoms with E-state index in [-0.39, 0.29) is 12.7 Å². The fourth-order valence-corrected chi connectivity index (χ4v) is 2.92. The minimum Gasteiger partial charge on any atom is -0.493 e. The fraction of sp³-hybridized carbons (Fsp3) is 0.185. The Labute approximate surface area is 193 Å². The van der Waals surface area contributed by atoms with Crippen molar-refractivity contribution in [2.45, 2.75) is 26.6 Å². The lowest BCUT2D eigenvalue weighted by molar-refractivity contribution is -0.128. The maximum absolute atomic E-state index is 12.2. The van der Waals surface area contributed by atoms with Gasteiger partial charge in [-0.1, -0.05) is 36.4 Å². The van der Waals surface area contributed by atoms with Crippen molar-refractivity contribution >= 4 is 18.0 Å². The first-order valence-corrected chi connectivity index (χ1v) is 10.5. The molecule has 0 N–H and O–H groups in total. The lowest BCUT2D eigenvalue weighted by Crippen LogP contribution is -2.07. The normalized spacial score (nSPS) is 10.8. The summed E-state index contributed by atoms with van der Waals surface area (Å²) in [6.07, 6.45) is 2.96. The van der Waals surface area contributed by atoms with Crippen molar-refractivity contribution < 1.29 is 28.5 Å². The van der Waals surface area contributed by atoms with Crippen LogP contribution in [-0.4, -0.2) is 25.2 Å². The number of benzene rings is 3. The average molecular weight is 446 g/mol. The quantitative estimate of drug-likeness (QED) is 0.247. The van der Waals surface area contributed by atoms with E-state index in [1.165, 1.54) is 6.08 Å². The Hall–Kier alpha value is -4.06. The van der Waals surface area contributed by atoms with Gasteiger partial charge in [-0.2, -0.15) is 0 Å². The second-order valence-electron chi connectivity index (χ2n) is 7.42. The van der Waals surface area contributed by atoms with Crippen LogP contribution in [0.3, 0.4) is 0 Å². The van der Waals surface area contributed by atoms with Gasteiger partial charge >= 0.3 is 11.9 Å². The maximum atomic E-state index is 12.2. The molecule has 0 unspecified atom stereocenters. The van der Waals surface area contributed by atoms with Crippen molar-refractivity contribution in [1.29, 1.82) is 0 Å². The molecule has 0 aliphatic carbocycles. The highest BCUT2D eigenvalue weighted by atomic mass is 16.5. The lowest BCUT2D eigenvalue weighted by atomic mass is 10.2. The third kappa shape index (κ3) is 7.25. The second kappa shape index (κ2) is 11.5. The van der Waals surface area contributed by atoms with Crippen molar-refractivity contribution in [3.05, 3.63) is 95.6 Å². The summed E-state index contributed by atoms with van der Waals surface area (Å²) < 4.78 is 21.6. The van der Waals surface area contributed by atoms with Gasteiger partial charge in [-0.25, -0.2) is 9.59 Å². The fourth-order valence-electron chi connectivity index (χ4n) is 2.92. The van der Waals surface area contributed by atoms with Crippen molar-refractivity contribution in [1.82, 2.24) is 0 Å². The summed E-state index contributed by atoms with van der Waals surface area (Å²) in [5.74, 6) is 0.539. The van der Waals surface area contributed by atoms with Gasteiger partial charge in [0.1, 0.15) is 12.4 Å². The van der Waals surface area contributed by atoms with Gasteiger partial charge < -0.3 is 18.9 Å². The molecule has 170 valence electrons. The Balaban J connectivity index is 1.55. The predicted octanol–water partition coefficient (Wildman–Crippen LogP) is 5.46. The third-order valence-electron chi connectivity index (χ3n) is 4.48. The first-order valence-electron chi connectivity index (χ1n) is 10.5. The maximum Gasteiger partial charge on any atom is 0.338 e. The molecule has 0 aliphatic rings. The van der Waals surface area contributed by atoms with Gasteiger partial charge in [-0.15, -0.1) is 0 Å². The van der Waals surface area contributed by atoms with Crippen LogP contribution >= 0.6 is 0 Å². The molecule has 33 heavy (non-hydrogen) atoms. The van der Waals surface area contributed by atoms with Gasteiger partial charge in [0.2, 0.25) is 0 Å². The van der Waals surface area contributed by atoms with Crippen LogP contribution in [-0.2, 0) is 16.1 Å². The van der Waals surface area contributed by atoms with E-state index in [4.69, 9.17) is 18.9 Å². The van der Waals surface area contributed by atoms with Gasteiger partial charge in [0, 0.05) is 6.08 Å². The molecule has 3 aromatic carbocycles. The van der Waals surface area contributed by atoms with Gasteiger partial charge in [-0.05, 0) is 67.4 Å². The second-order valence-corrected chi connectivity index (χ2v) is 7.42. The molecule has 0 saturated carbocycles. The number of carbonyl (C=O) groups excluding carboxylic acids is 2. The Morgan fingerprint density at radius 1 is 0.909 bits per heavy atom. The number of methoxy groups -OCH3 is 1. The minimum absolute atomic E-state index is 0.0207. The topological polar surface area (TPSA) is 71.1 Å². The van der Waals surface area contributed by atoms with E-state index in [1.807, 2.05) is 50.2 Å². The predicted molar refractivity (Wildman–Crippen MR) is 125 cm³/mol. The molecule has 6 nitrogen and oxygen atoms in total. The largest absolute Gasteiger partial charge is 0.493 e. The van der Waals surface area contributed by atoms with Crippen molar-refractivity contribution in [2.24, 2.45) is 0 Å². The number of hydrogen-bond acceptors (Lipinski definition) is 6. The Kier molecular flexibility index (Phi) is 8.24. The molecule has 0 atom stereocenters. The van der Waals surface area contributed by atoms with Crippen LogP contribution in [0, 0.1) is 0 Å². The van der Waals surface area contributed by atoms with E-state index < -0.39 is 11.9 Å². The SMILES string of the molecule is COc1cc(/C=C/C(=O)Oc2ccc(C(=O)OCc3ccccc3)cc2)ccc1OC(C)C. The molecule has 3 rings (SSSR count). The van der Waals surface area contributed by atoms with Crippen LogP contribution in [0.4, 0.5) is 0 Å². The highest BCUT2D eigenvalue weighted by molar-refractivity contribution is 5.90. The first kappa shape index (κ1) is 23.6. The van der Waals surface area contributed by atoms with Crippen LogP contribution in [0.25, 0.3) is 6.08 Å². The molecule has 0 amide bonds. The van der Waals surface area contributed by atoms with Crippen molar-refractivity contribution in [3.8, 4) is 17.2 Å². The van der Waals surface area contributed by atoms with Crippen molar-refractivity contribution in [3.63, 3.8) is 0 Å². The molecule has 6 heteroatoms. The van der Waals surface area contributed by atoms with Gasteiger partial charge in [0.25, 0.3) is 0 Å². The van der Waals surface area contributed by atoms with Gasteiger partial charge in [-0.3, -0.25) is 0 Å². The van der Waals surface area contributed by atoms with E-state index >= 15 is 0 Å². The molecule has 0 spiro atoms. The van der Waals surface area contributed by atoms with Crippen LogP contribution < -0.4 is 14.2 Å². The monoisotopic (exact) mass is 446 g/mol. The van der Waals surface area contributed by atoms with Crippen molar-refractivity contribution in [2.75, 3.05) is 7.11 Å². The Morgan fingerprint density at radius 3 is 2.30 bits per heavy atom. The average Bonchev–Trinajstić information content (AvgIpc) is 2.82. The molecular weight excluding hydrogens is 420 g/mol. The van der Waals surface area contributed by atoms with E-state index in [1.54, 1.807) is 49.6 Å². The van der Waals surface area contributed by atoms with E-state index in [0.29, 0.717) is 22.8 Å². The zero-order chi connectivity index (χ0) is 23.6. The molecule has 0 heterocycles. The molecule has 0 fully saturated rings. The molecule has 0 bridgehead atoms. The summed E-state index contributed by atoms with van der Waals surface area (Å²) in [4.78, 5) is 24.4. The van der Waals surface area contributed by atoms with E-state index in [9.17, 15) is 9.59 Å². The zero-order valence-corrected chi connectivity index (χ0v) is 18.8. The molecule has 0 aliphatic heterocycles. The summed E-state index contributed by atoms with van der Waals surface area (Å²) in [6, 6.07) is 21.0. The van der Waals surface area contributed by atoms with E-state index in [2.05, 4.69) is 0 Å². The molecule has 0 saturated heterocycles. The number of hydrogen-bond donors (Lipinski definition) is 0. The number of rotatable bonds is 9. The molecule has 0 aromatic heterocycles. The van der Waals surface area contributed by atoms with Crippen LogP contribution in [0.2, 0.25) is 0 Å². The Morgan fingerprint density at radius 2 is 1.64 bits per heavy atom. The number of esters is 2. The third-order valence-corrected chi connectivity index (χ3v) is 4.48. The lowest BCUT2D eigenvalue weighted by Gasteiger charge is -2.13. The summed E-state index contributed by atoms with van der Waals surface area (Å²) in [7, 11) is 1.56. The number of ether oxygens (including phenoxy) is 4. The molecule has 3 aromatic rings. The minimum atomic E-state index is -0.545. The molecular formula is C27H26O6. The zero-order valence-electron chi connectivity index (χ0n) is 18.8. The van der Waals surface area contributed by atoms with Gasteiger partial charge in [0.05, 0.1) is 18.8 Å². The summed E-state index contributed by atoms with van der Waals surface area (Å²) >= 11 is 0. The van der Waals surface area contributed by atoms with Crippen LogP contribution in [0.1, 0.15) is 35.3 Å². The highest BCUT2D eigenvalue weighted by Crippen LogP contribution is 2.29. The van der Waals surface area contributed by atoms with Crippen LogP contribution in [0.15, 0.2) is 78.9 Å². The smallest absolute Gasteiger partial charge is 0.338 e. The standard InChI is InChI=1S/C27H26O6/c1-19(2)32-24-15-9-20(17-25(24)30-3)10-16-26(28)33-23-13-11-22(12-14-23)27(29)31-18-21-7-5-4-6-8-21/h4-17,19H,18H2,1-3H3/b16-10+. The Bertz CT molecular complexity index is 1100. The summed E-state index contributed by atoms with van der Waals surface area (Å²) in [5.41, 5.74) is 2.04. The number of carbonyl (C=O) groups is 2. The molecule has 0 radical (unpaired) electrons. The first-order chi connectivity index (χ1) is 15.9. The summed E-state index contributed by atoms with van der Waals surface area (Å²) in [6.45, 7) is 4.06. The van der Waals surface area contributed by atoms with Crippen LogP contribution in [0.5, 0.6) is 17.2 Å². The summed E-state index contributed by atoms with van der Waals surface area (Å²) in [5, 5.41) is 0. The van der Waals surface area contributed by atoms with E-state index in [0.717, 1.165) is 11.1 Å². The van der Waals surface area contributed by atoms with Gasteiger partial charge in [0.15, 0.2) is 11.5 Å².